The summed E-state index contributed by atoms with van der Waals surface area (Å²) in [6, 6.07) is 6.98. The molecular formula is C17H13FN4O3. The van der Waals surface area contributed by atoms with E-state index in [0.717, 1.165) is 11.8 Å². The maximum atomic E-state index is 14.0. The summed E-state index contributed by atoms with van der Waals surface area (Å²) in [6.45, 7) is 0.990. The minimum atomic E-state index is -0.586. The van der Waals surface area contributed by atoms with Gasteiger partial charge in [-0.3, -0.25) is 0 Å². The molecule has 0 spiro atoms. The highest BCUT2D eigenvalue weighted by Crippen LogP contribution is 2.33. The van der Waals surface area contributed by atoms with Crippen LogP contribution >= 0.6 is 0 Å². The third-order valence-corrected chi connectivity index (χ3v) is 3.41. The minimum Gasteiger partial charge on any atom is -0.486 e. The molecule has 0 amide bonds. The molecule has 2 aromatic heterocycles. The lowest BCUT2D eigenvalue weighted by Crippen LogP contribution is -2.15. The number of fused-ring (bicyclic) bond motifs is 1. The van der Waals surface area contributed by atoms with Gasteiger partial charge in [0.05, 0.1) is 18.7 Å². The molecule has 3 heterocycles. The van der Waals surface area contributed by atoms with E-state index in [-0.39, 0.29) is 11.8 Å². The third-order valence-electron chi connectivity index (χ3n) is 3.41. The molecule has 25 heavy (non-hydrogen) atoms. The summed E-state index contributed by atoms with van der Waals surface area (Å²) in [5, 5.41) is 2.90. The van der Waals surface area contributed by atoms with Crippen LogP contribution in [0.3, 0.4) is 0 Å². The van der Waals surface area contributed by atoms with E-state index in [2.05, 4.69) is 20.3 Å². The van der Waals surface area contributed by atoms with Gasteiger partial charge in [0.2, 0.25) is 0 Å². The zero-order valence-electron chi connectivity index (χ0n) is 13.0. The fourth-order valence-electron chi connectivity index (χ4n) is 2.25. The molecule has 0 saturated carbocycles. The Morgan fingerprint density at radius 3 is 2.88 bits per heavy atom. The second-order valence-electron chi connectivity index (χ2n) is 5.16. The Morgan fingerprint density at radius 2 is 2.04 bits per heavy atom. The van der Waals surface area contributed by atoms with Crippen molar-refractivity contribution in [2.75, 3.05) is 18.5 Å². The highest BCUT2D eigenvalue weighted by atomic mass is 19.1. The molecule has 7 nitrogen and oxygen atoms in total. The van der Waals surface area contributed by atoms with Gasteiger partial charge in [0.15, 0.2) is 23.1 Å². The van der Waals surface area contributed by atoms with Crippen LogP contribution in [0.5, 0.6) is 11.5 Å². The Hall–Kier alpha value is -3.42. The van der Waals surface area contributed by atoms with E-state index in [1.807, 2.05) is 0 Å². The van der Waals surface area contributed by atoms with Gasteiger partial charge < -0.3 is 19.2 Å². The summed E-state index contributed by atoms with van der Waals surface area (Å²) in [4.78, 5) is 12.0. The normalized spacial score (nSPS) is 13.2. The van der Waals surface area contributed by atoms with Gasteiger partial charge in [-0.15, -0.1) is 0 Å². The lowest BCUT2D eigenvalue weighted by atomic mass is 10.2. The molecule has 1 aliphatic heterocycles. The standard InChI is InChI=1S/C17H13FN4O3/c18-13-9-20-17(19-8-11-3-4-23-10-11)22-16(13)21-12-1-2-14-15(7-12)25-6-5-24-14/h1-4,7-10H,5-6H2,(H,20,21,22). The van der Waals surface area contributed by atoms with Crippen molar-refractivity contribution in [3.63, 3.8) is 0 Å². The first-order valence-electron chi connectivity index (χ1n) is 7.53. The average Bonchev–Trinajstić information content (AvgIpc) is 3.16. The molecule has 1 aliphatic rings. The zero-order chi connectivity index (χ0) is 17.1. The van der Waals surface area contributed by atoms with E-state index in [1.54, 1.807) is 24.3 Å². The van der Waals surface area contributed by atoms with Crippen LogP contribution in [0, 0.1) is 5.82 Å². The van der Waals surface area contributed by atoms with Gasteiger partial charge in [0, 0.05) is 23.5 Å². The van der Waals surface area contributed by atoms with Crippen LogP contribution in [-0.4, -0.2) is 29.4 Å². The van der Waals surface area contributed by atoms with Crippen molar-refractivity contribution in [1.29, 1.82) is 0 Å². The quantitative estimate of drug-likeness (QED) is 0.732. The van der Waals surface area contributed by atoms with Crippen molar-refractivity contribution in [2.24, 2.45) is 4.99 Å². The first-order chi connectivity index (χ1) is 12.3. The van der Waals surface area contributed by atoms with Gasteiger partial charge in [0.1, 0.15) is 13.2 Å². The second-order valence-corrected chi connectivity index (χ2v) is 5.16. The molecule has 3 aromatic rings. The van der Waals surface area contributed by atoms with Crippen molar-refractivity contribution in [3.05, 3.63) is 54.4 Å². The predicted octanol–water partition coefficient (Wildman–Crippen LogP) is 3.47. The lowest BCUT2D eigenvalue weighted by molar-refractivity contribution is 0.171. The van der Waals surface area contributed by atoms with Gasteiger partial charge in [-0.2, -0.15) is 4.98 Å². The maximum Gasteiger partial charge on any atom is 0.251 e. The minimum absolute atomic E-state index is 0.0195. The Kier molecular flexibility index (Phi) is 3.99. The number of hydrogen-bond acceptors (Lipinski definition) is 7. The van der Waals surface area contributed by atoms with Gasteiger partial charge in [-0.05, 0) is 18.2 Å². The van der Waals surface area contributed by atoms with E-state index in [4.69, 9.17) is 13.9 Å². The number of aliphatic imine (C=N–C) groups is 1. The van der Waals surface area contributed by atoms with Crippen LogP contribution < -0.4 is 14.8 Å². The Bertz CT molecular complexity index is 912. The molecule has 0 unspecified atom stereocenters. The molecular weight excluding hydrogens is 327 g/mol. The lowest BCUT2D eigenvalue weighted by Gasteiger charge is -2.19. The number of ether oxygens (including phenoxy) is 2. The first kappa shape index (κ1) is 15.1. The zero-order valence-corrected chi connectivity index (χ0v) is 13.0. The van der Waals surface area contributed by atoms with Gasteiger partial charge in [0.25, 0.3) is 5.95 Å². The number of nitrogens with zero attached hydrogens (tertiary/aromatic N) is 3. The largest absolute Gasteiger partial charge is 0.486 e. The van der Waals surface area contributed by atoms with Crippen molar-refractivity contribution >= 4 is 23.7 Å². The SMILES string of the molecule is Fc1cnc(N=Cc2ccoc2)nc1Nc1ccc2c(c1)OCCO2. The molecule has 0 bridgehead atoms. The van der Waals surface area contributed by atoms with Crippen molar-refractivity contribution in [1.82, 2.24) is 9.97 Å². The predicted molar refractivity (Wildman–Crippen MR) is 88.7 cm³/mol. The Balaban J connectivity index is 1.56. The molecule has 0 saturated heterocycles. The van der Waals surface area contributed by atoms with Crippen LogP contribution in [0.4, 0.5) is 21.8 Å². The average molecular weight is 340 g/mol. The van der Waals surface area contributed by atoms with Crippen LogP contribution in [0.25, 0.3) is 0 Å². The van der Waals surface area contributed by atoms with E-state index < -0.39 is 5.82 Å². The topological polar surface area (TPSA) is 81.8 Å². The molecule has 4 rings (SSSR count). The van der Waals surface area contributed by atoms with E-state index in [0.29, 0.717) is 30.4 Å². The number of halogens is 1. The molecule has 126 valence electrons. The maximum absolute atomic E-state index is 14.0. The van der Waals surface area contributed by atoms with Crippen molar-refractivity contribution in [2.45, 2.75) is 0 Å². The first-order valence-corrected chi connectivity index (χ1v) is 7.53. The third kappa shape index (κ3) is 3.42. The van der Waals surface area contributed by atoms with Gasteiger partial charge >= 0.3 is 0 Å². The van der Waals surface area contributed by atoms with Crippen LogP contribution in [-0.2, 0) is 0 Å². The smallest absolute Gasteiger partial charge is 0.251 e. The molecule has 1 aromatic carbocycles. The van der Waals surface area contributed by atoms with Crippen LogP contribution in [0.15, 0.2) is 52.4 Å². The fourth-order valence-corrected chi connectivity index (χ4v) is 2.25. The van der Waals surface area contributed by atoms with Gasteiger partial charge in [-0.25, -0.2) is 14.4 Å². The molecule has 8 heteroatoms. The number of hydrogen-bond donors (Lipinski definition) is 1. The molecule has 0 aliphatic carbocycles. The summed E-state index contributed by atoms with van der Waals surface area (Å²) in [7, 11) is 0. The number of nitrogens with one attached hydrogen (secondary N) is 1. The Morgan fingerprint density at radius 1 is 1.16 bits per heavy atom. The van der Waals surface area contributed by atoms with Crippen LogP contribution in [0.2, 0.25) is 0 Å². The number of benzene rings is 1. The molecule has 1 N–H and O–H groups in total. The number of rotatable bonds is 4. The summed E-state index contributed by atoms with van der Waals surface area (Å²) in [6.07, 6.45) is 5.66. The summed E-state index contributed by atoms with van der Waals surface area (Å²) in [5.74, 6) is 0.820. The fraction of sp³-hybridized carbons (Fsp3) is 0.118. The van der Waals surface area contributed by atoms with E-state index >= 15 is 0 Å². The van der Waals surface area contributed by atoms with Crippen LogP contribution in [0.1, 0.15) is 5.56 Å². The van der Waals surface area contributed by atoms with Crippen molar-refractivity contribution in [3.8, 4) is 11.5 Å². The van der Waals surface area contributed by atoms with E-state index in [1.165, 1.54) is 18.7 Å². The number of furan rings is 1. The van der Waals surface area contributed by atoms with E-state index in [9.17, 15) is 4.39 Å². The van der Waals surface area contributed by atoms with Gasteiger partial charge in [-0.1, -0.05) is 0 Å². The molecule has 0 fully saturated rings. The monoisotopic (exact) mass is 340 g/mol. The number of anilines is 2. The molecule has 0 atom stereocenters. The summed E-state index contributed by atoms with van der Waals surface area (Å²) in [5.41, 5.74) is 1.38. The highest BCUT2D eigenvalue weighted by Gasteiger charge is 2.13. The number of aromatic nitrogens is 2. The summed E-state index contributed by atoms with van der Waals surface area (Å²) < 4.78 is 29.9. The second kappa shape index (κ2) is 6.60. The molecule has 0 radical (unpaired) electrons. The Labute approximate surface area is 142 Å². The highest BCUT2D eigenvalue weighted by molar-refractivity contribution is 5.80. The van der Waals surface area contributed by atoms with Crippen molar-refractivity contribution < 1.29 is 18.3 Å². The summed E-state index contributed by atoms with van der Waals surface area (Å²) >= 11 is 0.